The molecule has 0 aliphatic carbocycles. The lowest BCUT2D eigenvalue weighted by Gasteiger charge is -2.09. The van der Waals surface area contributed by atoms with Crippen LogP contribution in [0.1, 0.15) is 5.56 Å². The summed E-state index contributed by atoms with van der Waals surface area (Å²) in [5.74, 6) is 0. The monoisotopic (exact) mass is 801 g/mol. The molecule has 318 valence electrons. The quantitative estimate of drug-likeness (QED) is 0.0581. The van der Waals surface area contributed by atoms with E-state index in [1.54, 1.807) is 0 Å². The van der Waals surface area contributed by atoms with Gasteiger partial charge in [0, 0.05) is 12.6 Å². The maximum absolute atomic E-state index is 11.2. The predicted octanol–water partition coefficient (Wildman–Crippen LogP) is 3.31. The van der Waals surface area contributed by atoms with E-state index in [1.165, 1.54) is 12.1 Å². The Balaban J connectivity index is 1.17. The highest BCUT2D eigenvalue weighted by molar-refractivity contribution is 5.65. The van der Waals surface area contributed by atoms with Gasteiger partial charge < -0.3 is 62.2 Å². The maximum atomic E-state index is 11.2. The van der Waals surface area contributed by atoms with Crippen LogP contribution in [0.25, 0.3) is 0 Å². The summed E-state index contributed by atoms with van der Waals surface area (Å²) in [6.45, 7) is 11.4. The minimum absolute atomic E-state index is 0.184. The van der Waals surface area contributed by atoms with Crippen LogP contribution in [-0.2, 0) is 63.4 Å². The van der Waals surface area contributed by atoms with E-state index in [0.717, 1.165) is 11.6 Å². The van der Waals surface area contributed by atoms with Crippen LogP contribution >= 0.6 is 0 Å². The van der Waals surface area contributed by atoms with E-state index in [2.05, 4.69) is 5.32 Å². The van der Waals surface area contributed by atoms with Crippen molar-refractivity contribution in [3.63, 3.8) is 0 Å². The average molecular weight is 802 g/mol. The zero-order valence-corrected chi connectivity index (χ0v) is 32.2. The normalized spacial score (nSPS) is 11.3. The molecule has 0 amide bonds. The van der Waals surface area contributed by atoms with Crippen LogP contribution in [0, 0.1) is 20.2 Å². The lowest BCUT2D eigenvalue weighted by Crippen LogP contribution is -2.16. The fourth-order valence-corrected chi connectivity index (χ4v) is 4.38. The van der Waals surface area contributed by atoms with Crippen molar-refractivity contribution in [2.45, 2.75) is 6.61 Å². The van der Waals surface area contributed by atoms with Gasteiger partial charge in [0.25, 0.3) is 11.4 Å². The van der Waals surface area contributed by atoms with E-state index in [1.807, 2.05) is 30.3 Å². The van der Waals surface area contributed by atoms with Gasteiger partial charge in [0.05, 0.1) is 174 Å². The van der Waals surface area contributed by atoms with Crippen LogP contribution in [0.3, 0.4) is 0 Å². The fourth-order valence-electron chi connectivity index (χ4n) is 4.38. The molecule has 2 aromatic carbocycles. The van der Waals surface area contributed by atoms with Gasteiger partial charge >= 0.3 is 0 Å². The highest BCUT2D eigenvalue weighted by Crippen LogP contribution is 2.28. The van der Waals surface area contributed by atoms with Crippen LogP contribution in [-0.4, -0.2) is 168 Å². The summed E-state index contributed by atoms with van der Waals surface area (Å²) in [4.78, 5) is 20.6. The standard InChI is InChI=1S/C37H59N3O16/c41-39(42)35-6-7-36(37(32-35)40(43)44)38-8-9-45-10-11-46-12-13-47-14-15-48-16-17-49-18-19-50-20-21-51-22-23-52-24-25-53-26-27-54-28-29-55-30-31-56-33-34-4-2-1-3-5-34/h1-7,32,38H,8-31,33H2. The largest absolute Gasteiger partial charge is 0.377 e. The second-order valence-corrected chi connectivity index (χ2v) is 11.4. The fraction of sp³-hybridized carbons (Fsp3) is 0.676. The van der Waals surface area contributed by atoms with Crippen LogP contribution in [0.15, 0.2) is 48.5 Å². The first kappa shape index (κ1) is 48.7. The molecule has 0 aromatic heterocycles. The number of nitrogens with zero attached hydrogens (tertiary/aromatic N) is 2. The van der Waals surface area contributed by atoms with Crippen LogP contribution in [0.4, 0.5) is 17.1 Å². The Labute approximate surface area is 328 Å². The maximum Gasteiger partial charge on any atom is 0.299 e. The Morgan fingerprint density at radius 2 is 0.750 bits per heavy atom. The van der Waals surface area contributed by atoms with Gasteiger partial charge in [-0.05, 0) is 11.6 Å². The molecule has 0 saturated heterocycles. The van der Waals surface area contributed by atoms with Crippen molar-refractivity contribution in [1.82, 2.24) is 0 Å². The summed E-state index contributed by atoms with van der Waals surface area (Å²) in [5, 5.41) is 24.8. The second-order valence-electron chi connectivity index (χ2n) is 11.4. The number of ether oxygens (including phenoxy) is 12. The average Bonchev–Trinajstić information content (AvgIpc) is 3.20. The van der Waals surface area contributed by atoms with Crippen molar-refractivity contribution in [3.8, 4) is 0 Å². The molecule has 0 unspecified atom stereocenters. The van der Waals surface area contributed by atoms with E-state index in [9.17, 15) is 20.2 Å². The Bertz CT molecular complexity index is 1230. The first-order chi connectivity index (χ1) is 27.6. The molecule has 0 radical (unpaired) electrons. The van der Waals surface area contributed by atoms with Crippen molar-refractivity contribution in [2.75, 3.05) is 164 Å². The molecule has 2 aromatic rings. The third-order valence-corrected chi connectivity index (χ3v) is 7.15. The van der Waals surface area contributed by atoms with Gasteiger partial charge in [-0.1, -0.05) is 30.3 Å². The van der Waals surface area contributed by atoms with Gasteiger partial charge in [-0.2, -0.15) is 0 Å². The zero-order chi connectivity index (χ0) is 40.0. The molecular formula is C37H59N3O16. The smallest absolute Gasteiger partial charge is 0.299 e. The van der Waals surface area contributed by atoms with Crippen LogP contribution in [0.5, 0.6) is 0 Å². The molecule has 0 aliphatic heterocycles. The van der Waals surface area contributed by atoms with E-state index in [4.69, 9.17) is 56.8 Å². The van der Waals surface area contributed by atoms with Gasteiger partial charge in [-0.25, -0.2) is 0 Å². The van der Waals surface area contributed by atoms with Crippen molar-refractivity contribution < 1.29 is 66.7 Å². The number of non-ortho nitro benzene ring substituents is 1. The van der Waals surface area contributed by atoms with Gasteiger partial charge in [-0.3, -0.25) is 20.2 Å². The van der Waals surface area contributed by atoms with Crippen LogP contribution in [0.2, 0.25) is 0 Å². The second kappa shape index (κ2) is 35.9. The van der Waals surface area contributed by atoms with E-state index >= 15 is 0 Å². The van der Waals surface area contributed by atoms with Gasteiger partial charge in [0.15, 0.2) is 0 Å². The molecule has 0 saturated carbocycles. The molecule has 0 bridgehead atoms. The Kier molecular flexibility index (Phi) is 31.3. The van der Waals surface area contributed by atoms with Crippen molar-refractivity contribution in [2.24, 2.45) is 0 Å². The Hall–Kier alpha value is -3.44. The van der Waals surface area contributed by atoms with Crippen molar-refractivity contribution in [1.29, 1.82) is 0 Å². The van der Waals surface area contributed by atoms with Gasteiger partial charge in [0.2, 0.25) is 0 Å². The molecule has 2 rings (SSSR count). The summed E-state index contributed by atoms with van der Waals surface area (Å²) >= 11 is 0. The molecule has 19 nitrogen and oxygen atoms in total. The number of nitro groups is 2. The number of nitrogens with one attached hydrogen (secondary N) is 1. The summed E-state index contributed by atoms with van der Waals surface area (Å²) in [6.07, 6.45) is 0. The first-order valence-corrected chi connectivity index (χ1v) is 18.7. The van der Waals surface area contributed by atoms with Gasteiger partial charge in [-0.15, -0.1) is 0 Å². The lowest BCUT2D eigenvalue weighted by atomic mass is 10.2. The minimum atomic E-state index is -0.681. The number of anilines is 1. The van der Waals surface area contributed by atoms with Crippen LogP contribution < -0.4 is 5.32 Å². The first-order valence-electron chi connectivity index (χ1n) is 18.7. The van der Waals surface area contributed by atoms with Crippen molar-refractivity contribution >= 4 is 17.1 Å². The number of hydrogen-bond donors (Lipinski definition) is 1. The molecule has 0 heterocycles. The molecule has 19 heteroatoms. The summed E-state index contributed by atoms with van der Waals surface area (Å²) in [6, 6.07) is 13.5. The zero-order valence-electron chi connectivity index (χ0n) is 32.2. The summed E-state index contributed by atoms with van der Waals surface area (Å²) in [7, 11) is 0. The summed E-state index contributed by atoms with van der Waals surface area (Å²) < 4.78 is 65.7. The van der Waals surface area contributed by atoms with E-state index < -0.39 is 9.85 Å². The molecule has 0 atom stereocenters. The number of benzene rings is 2. The highest BCUT2D eigenvalue weighted by atomic mass is 16.6. The minimum Gasteiger partial charge on any atom is -0.377 e. The highest BCUT2D eigenvalue weighted by Gasteiger charge is 2.19. The number of rotatable bonds is 41. The Morgan fingerprint density at radius 1 is 0.411 bits per heavy atom. The Morgan fingerprint density at radius 3 is 1.09 bits per heavy atom. The third-order valence-electron chi connectivity index (χ3n) is 7.15. The molecule has 1 N–H and O–H groups in total. The SMILES string of the molecule is O=[N+]([O-])c1ccc(NCCOCCOCCOCCOCCOCCOCCOCCOCCOCCOCCOCCOCc2ccccc2)c([N+](=O)[O-])c1. The van der Waals surface area contributed by atoms with E-state index in [-0.39, 0.29) is 30.2 Å². The molecule has 0 aliphatic rings. The molecule has 56 heavy (non-hydrogen) atoms. The number of hydrogen-bond acceptors (Lipinski definition) is 17. The predicted molar refractivity (Wildman–Crippen MR) is 203 cm³/mol. The third kappa shape index (κ3) is 28.0. The topological polar surface area (TPSA) is 209 Å². The summed E-state index contributed by atoms with van der Waals surface area (Å²) in [5.41, 5.74) is 0.618. The molecule has 0 fully saturated rings. The van der Waals surface area contributed by atoms with Gasteiger partial charge in [0.1, 0.15) is 5.69 Å². The van der Waals surface area contributed by atoms with Crippen molar-refractivity contribution in [3.05, 3.63) is 74.3 Å². The lowest BCUT2D eigenvalue weighted by molar-refractivity contribution is -0.393. The van der Waals surface area contributed by atoms with E-state index in [0.29, 0.717) is 152 Å². The molecule has 0 spiro atoms. The molecular weight excluding hydrogens is 742 g/mol. The number of nitro benzene ring substituents is 2.